The predicted octanol–water partition coefficient (Wildman–Crippen LogP) is 3.11. The number of anilines is 1. The summed E-state index contributed by atoms with van der Waals surface area (Å²) in [5, 5.41) is 13.7. The zero-order valence-corrected chi connectivity index (χ0v) is 13.0. The van der Waals surface area contributed by atoms with Crippen LogP contribution in [-0.2, 0) is 4.79 Å². The average Bonchev–Trinajstić information content (AvgIpc) is 2.75. The van der Waals surface area contributed by atoms with Gasteiger partial charge in [0, 0.05) is 19.0 Å². The molecule has 0 radical (unpaired) electrons. The first kappa shape index (κ1) is 16.4. The van der Waals surface area contributed by atoms with Crippen molar-refractivity contribution >= 4 is 17.3 Å². The van der Waals surface area contributed by atoms with E-state index < -0.39 is 4.92 Å². The Morgan fingerprint density at radius 3 is 2.59 bits per heavy atom. The third kappa shape index (κ3) is 4.53. The SMILES string of the molecule is Cc1c(NC(=O)CCN2CCCCCC2)cccc1[N+](=O)[O-]. The number of likely N-dealkylation sites (tertiary alicyclic amines) is 1. The van der Waals surface area contributed by atoms with Gasteiger partial charge in [0.05, 0.1) is 16.2 Å². The second-order valence-corrected chi connectivity index (χ2v) is 5.76. The van der Waals surface area contributed by atoms with E-state index in [-0.39, 0.29) is 11.6 Å². The molecule has 1 aliphatic rings. The molecule has 6 nitrogen and oxygen atoms in total. The van der Waals surface area contributed by atoms with Crippen LogP contribution in [0.4, 0.5) is 11.4 Å². The topological polar surface area (TPSA) is 75.5 Å². The average molecular weight is 305 g/mol. The summed E-state index contributed by atoms with van der Waals surface area (Å²) in [5.41, 5.74) is 1.05. The molecule has 1 fully saturated rings. The first-order chi connectivity index (χ1) is 10.6. The van der Waals surface area contributed by atoms with Crippen LogP contribution in [0.15, 0.2) is 18.2 Å². The third-order valence-electron chi connectivity index (χ3n) is 4.13. The maximum absolute atomic E-state index is 12.1. The summed E-state index contributed by atoms with van der Waals surface area (Å²) < 4.78 is 0. The molecule has 0 aliphatic carbocycles. The minimum atomic E-state index is -0.428. The molecule has 1 saturated heterocycles. The summed E-state index contributed by atoms with van der Waals surface area (Å²) in [4.78, 5) is 24.9. The van der Waals surface area contributed by atoms with E-state index in [1.807, 2.05) is 0 Å². The minimum Gasteiger partial charge on any atom is -0.326 e. The van der Waals surface area contributed by atoms with Gasteiger partial charge in [-0.15, -0.1) is 0 Å². The molecule has 1 aromatic rings. The lowest BCUT2D eigenvalue weighted by molar-refractivity contribution is -0.385. The second kappa shape index (κ2) is 7.89. The number of carbonyl (C=O) groups excluding carboxylic acids is 1. The molecule has 1 heterocycles. The summed E-state index contributed by atoms with van der Waals surface area (Å²) in [6.45, 7) is 4.52. The maximum Gasteiger partial charge on any atom is 0.274 e. The molecule has 22 heavy (non-hydrogen) atoms. The molecular weight excluding hydrogens is 282 g/mol. The molecule has 1 N–H and O–H groups in total. The molecule has 6 heteroatoms. The number of amides is 1. The fourth-order valence-electron chi connectivity index (χ4n) is 2.79. The Labute approximate surface area is 130 Å². The number of carbonyl (C=O) groups is 1. The highest BCUT2D eigenvalue weighted by Crippen LogP contribution is 2.25. The van der Waals surface area contributed by atoms with Crippen LogP contribution in [0, 0.1) is 17.0 Å². The highest BCUT2D eigenvalue weighted by atomic mass is 16.6. The molecule has 0 unspecified atom stereocenters. The first-order valence-corrected chi connectivity index (χ1v) is 7.84. The van der Waals surface area contributed by atoms with E-state index in [0.717, 1.165) is 19.6 Å². The van der Waals surface area contributed by atoms with Crippen LogP contribution < -0.4 is 5.32 Å². The molecule has 0 saturated carbocycles. The van der Waals surface area contributed by atoms with Crippen LogP contribution in [0.5, 0.6) is 0 Å². The lowest BCUT2D eigenvalue weighted by atomic mass is 10.1. The highest BCUT2D eigenvalue weighted by molar-refractivity contribution is 5.92. The van der Waals surface area contributed by atoms with E-state index in [0.29, 0.717) is 17.7 Å². The Morgan fingerprint density at radius 1 is 1.27 bits per heavy atom. The summed E-state index contributed by atoms with van der Waals surface area (Å²) in [5.74, 6) is -0.0900. The van der Waals surface area contributed by atoms with Crippen molar-refractivity contribution in [3.8, 4) is 0 Å². The van der Waals surface area contributed by atoms with Crippen molar-refractivity contribution in [2.75, 3.05) is 25.0 Å². The van der Waals surface area contributed by atoms with Gasteiger partial charge in [-0.2, -0.15) is 0 Å². The van der Waals surface area contributed by atoms with Gasteiger partial charge in [0.2, 0.25) is 5.91 Å². The molecule has 0 aromatic heterocycles. The number of hydrogen-bond donors (Lipinski definition) is 1. The molecule has 1 amide bonds. The molecule has 0 bridgehead atoms. The van der Waals surface area contributed by atoms with Crippen LogP contribution >= 0.6 is 0 Å². The fourth-order valence-corrected chi connectivity index (χ4v) is 2.79. The van der Waals surface area contributed by atoms with Gasteiger partial charge >= 0.3 is 0 Å². The molecule has 1 aromatic carbocycles. The standard InChI is InChI=1S/C16H23N3O3/c1-13-14(7-6-8-15(13)19(21)22)17-16(20)9-12-18-10-4-2-3-5-11-18/h6-8H,2-5,9-12H2,1H3,(H,17,20). The maximum atomic E-state index is 12.1. The Hall–Kier alpha value is -1.95. The van der Waals surface area contributed by atoms with Crippen LogP contribution in [0.2, 0.25) is 0 Å². The van der Waals surface area contributed by atoms with Crippen LogP contribution in [0.25, 0.3) is 0 Å². The summed E-state index contributed by atoms with van der Waals surface area (Å²) in [7, 11) is 0. The van der Waals surface area contributed by atoms with Gasteiger partial charge < -0.3 is 10.2 Å². The Bertz CT molecular complexity index is 537. The quantitative estimate of drug-likeness (QED) is 0.670. The number of nitrogens with zero attached hydrogens (tertiary/aromatic N) is 2. The van der Waals surface area contributed by atoms with Crippen molar-refractivity contribution in [1.82, 2.24) is 4.90 Å². The molecule has 0 spiro atoms. The van der Waals surface area contributed by atoms with Gasteiger partial charge in [-0.3, -0.25) is 14.9 Å². The predicted molar refractivity (Wildman–Crippen MR) is 86.0 cm³/mol. The molecule has 120 valence electrons. The Morgan fingerprint density at radius 2 is 1.95 bits per heavy atom. The highest BCUT2D eigenvalue weighted by Gasteiger charge is 2.15. The Balaban J connectivity index is 1.89. The van der Waals surface area contributed by atoms with Crippen LogP contribution in [0.1, 0.15) is 37.7 Å². The van der Waals surface area contributed by atoms with E-state index in [1.165, 1.54) is 31.7 Å². The molecule has 0 atom stereocenters. The van der Waals surface area contributed by atoms with E-state index >= 15 is 0 Å². The number of nitrogens with one attached hydrogen (secondary N) is 1. The summed E-state index contributed by atoms with van der Waals surface area (Å²) in [6.07, 6.45) is 5.37. The number of rotatable bonds is 5. The number of nitro groups is 1. The number of benzene rings is 1. The van der Waals surface area contributed by atoms with E-state index in [9.17, 15) is 14.9 Å². The van der Waals surface area contributed by atoms with E-state index in [2.05, 4.69) is 10.2 Å². The zero-order valence-electron chi connectivity index (χ0n) is 13.0. The third-order valence-corrected chi connectivity index (χ3v) is 4.13. The van der Waals surface area contributed by atoms with Crippen LogP contribution in [0.3, 0.4) is 0 Å². The first-order valence-electron chi connectivity index (χ1n) is 7.84. The largest absolute Gasteiger partial charge is 0.326 e. The van der Waals surface area contributed by atoms with Gasteiger partial charge in [0.15, 0.2) is 0 Å². The van der Waals surface area contributed by atoms with Gasteiger partial charge in [0.1, 0.15) is 0 Å². The van der Waals surface area contributed by atoms with Gasteiger partial charge in [-0.1, -0.05) is 18.9 Å². The van der Waals surface area contributed by atoms with Crippen molar-refractivity contribution in [1.29, 1.82) is 0 Å². The lowest BCUT2D eigenvalue weighted by Gasteiger charge is -2.19. The number of nitro benzene ring substituents is 1. The normalized spacial score (nSPS) is 16.0. The summed E-state index contributed by atoms with van der Waals surface area (Å²) in [6, 6.07) is 4.74. The van der Waals surface area contributed by atoms with Crippen molar-refractivity contribution in [2.45, 2.75) is 39.0 Å². The van der Waals surface area contributed by atoms with Crippen molar-refractivity contribution in [3.63, 3.8) is 0 Å². The van der Waals surface area contributed by atoms with Crippen molar-refractivity contribution in [3.05, 3.63) is 33.9 Å². The smallest absolute Gasteiger partial charge is 0.274 e. The van der Waals surface area contributed by atoms with Gasteiger partial charge in [-0.25, -0.2) is 0 Å². The molecular formula is C16H23N3O3. The van der Waals surface area contributed by atoms with Crippen LogP contribution in [-0.4, -0.2) is 35.4 Å². The van der Waals surface area contributed by atoms with E-state index in [4.69, 9.17) is 0 Å². The van der Waals surface area contributed by atoms with Crippen molar-refractivity contribution < 1.29 is 9.72 Å². The summed E-state index contributed by atoms with van der Waals surface area (Å²) >= 11 is 0. The van der Waals surface area contributed by atoms with Crippen molar-refractivity contribution in [2.24, 2.45) is 0 Å². The molecule has 1 aliphatic heterocycles. The second-order valence-electron chi connectivity index (χ2n) is 5.76. The lowest BCUT2D eigenvalue weighted by Crippen LogP contribution is -2.28. The fraction of sp³-hybridized carbons (Fsp3) is 0.562. The monoisotopic (exact) mass is 305 g/mol. The van der Waals surface area contributed by atoms with E-state index in [1.54, 1.807) is 19.1 Å². The minimum absolute atomic E-state index is 0.0327. The number of hydrogen-bond acceptors (Lipinski definition) is 4. The van der Waals surface area contributed by atoms with Gasteiger partial charge in [0.25, 0.3) is 5.69 Å². The zero-order chi connectivity index (χ0) is 15.9. The van der Waals surface area contributed by atoms with Gasteiger partial charge in [-0.05, 0) is 38.9 Å². The Kier molecular flexibility index (Phi) is 5.89. The molecule has 2 rings (SSSR count).